The van der Waals surface area contributed by atoms with Crippen LogP contribution in [-0.4, -0.2) is 65.4 Å². The summed E-state index contributed by atoms with van der Waals surface area (Å²) >= 11 is 0. The molecule has 13 nitrogen and oxygen atoms in total. The summed E-state index contributed by atoms with van der Waals surface area (Å²) in [6.07, 6.45) is -1.00. The first-order valence-electron chi connectivity index (χ1n) is 8.13. The zero-order chi connectivity index (χ0) is 21.4. The minimum absolute atomic E-state index is 0.0868. The van der Waals surface area contributed by atoms with E-state index in [0.29, 0.717) is 17.4 Å². The van der Waals surface area contributed by atoms with Crippen molar-refractivity contribution in [3.63, 3.8) is 0 Å². The van der Waals surface area contributed by atoms with Gasteiger partial charge >= 0.3 is 7.82 Å². The number of hydrogen-bond donors (Lipinski definition) is 6. The Morgan fingerprint density at radius 3 is 2.90 bits per heavy atom. The number of anilines is 1. The van der Waals surface area contributed by atoms with Crippen molar-refractivity contribution in [1.82, 2.24) is 19.9 Å². The Labute approximate surface area is 163 Å². The third kappa shape index (κ3) is 4.09. The van der Waals surface area contributed by atoms with E-state index in [2.05, 4.69) is 31.8 Å². The van der Waals surface area contributed by atoms with Crippen LogP contribution in [0.1, 0.15) is 18.7 Å². The van der Waals surface area contributed by atoms with Crippen molar-refractivity contribution in [3.8, 4) is 12.0 Å². The highest BCUT2D eigenvalue weighted by atomic mass is 31.2. The van der Waals surface area contributed by atoms with Crippen molar-refractivity contribution in [2.45, 2.75) is 31.0 Å². The van der Waals surface area contributed by atoms with E-state index in [4.69, 9.17) is 20.3 Å². The van der Waals surface area contributed by atoms with Gasteiger partial charge in [0.1, 0.15) is 35.6 Å². The van der Waals surface area contributed by atoms with Crippen molar-refractivity contribution in [3.05, 3.63) is 18.1 Å². The van der Waals surface area contributed by atoms with Crippen LogP contribution in [0.4, 0.5) is 5.82 Å². The molecule has 14 heteroatoms. The number of amides is 1. The summed E-state index contributed by atoms with van der Waals surface area (Å²) in [5, 5.41) is 23.7. The molecule has 0 aliphatic carbocycles. The second-order valence-electron chi connectivity index (χ2n) is 6.40. The largest absolute Gasteiger partial charge is 0.469 e. The standard InChI is InChI=1S/C15H18N5O8P/c1-15(23)11(22)9(5-27-29(24,25)26)28-14(15)20-4-8(2-3-17-7-21)10-12(16)18-6-19-13(10)20/h4,6-7,9,11,14,22-23H,5H2,1H3,(H,17,21)(H2,16,18,19)(H2,24,25,26)/t9-,11-,14-,15-/m1/s1. The van der Waals surface area contributed by atoms with Gasteiger partial charge in [-0.2, -0.15) is 0 Å². The van der Waals surface area contributed by atoms with Gasteiger partial charge in [0.15, 0.2) is 6.23 Å². The number of nitrogen functional groups attached to an aromatic ring is 1. The highest BCUT2D eigenvalue weighted by Gasteiger charge is 2.54. The number of fused-ring (bicyclic) bond motifs is 1. The average Bonchev–Trinajstić information content (AvgIpc) is 3.10. The van der Waals surface area contributed by atoms with Gasteiger partial charge in [-0.05, 0) is 12.8 Å². The van der Waals surface area contributed by atoms with E-state index in [1.54, 1.807) is 0 Å². The van der Waals surface area contributed by atoms with Gasteiger partial charge in [-0.1, -0.05) is 0 Å². The molecule has 0 aromatic carbocycles. The fraction of sp³-hybridized carbons (Fsp3) is 0.400. The second-order valence-corrected chi connectivity index (χ2v) is 7.64. The van der Waals surface area contributed by atoms with E-state index in [1.165, 1.54) is 24.0 Å². The number of aliphatic hydroxyl groups excluding tert-OH is 1. The highest BCUT2D eigenvalue weighted by molar-refractivity contribution is 7.46. The number of rotatable bonds is 5. The van der Waals surface area contributed by atoms with E-state index in [-0.39, 0.29) is 11.5 Å². The SMILES string of the molecule is C[C@@]1(O)[C@H](O)[C@@H](COP(=O)(O)O)O[C@H]1n1cc(C#CNC=O)c2c(N)ncnc21. The molecule has 2 aromatic rings. The fourth-order valence-electron chi connectivity index (χ4n) is 3.06. The molecule has 0 spiro atoms. The van der Waals surface area contributed by atoms with E-state index in [0.717, 1.165) is 0 Å². The Bertz CT molecular complexity index is 1040. The lowest BCUT2D eigenvalue weighted by molar-refractivity contribution is -0.108. The zero-order valence-corrected chi connectivity index (χ0v) is 15.9. The molecule has 0 radical (unpaired) electrons. The molecule has 1 saturated heterocycles. The van der Waals surface area contributed by atoms with Crippen LogP contribution >= 0.6 is 7.82 Å². The number of nitrogens with one attached hydrogen (secondary N) is 1. The van der Waals surface area contributed by atoms with Gasteiger partial charge in [0.25, 0.3) is 0 Å². The summed E-state index contributed by atoms with van der Waals surface area (Å²) in [7, 11) is -4.81. The number of nitrogens with zero attached hydrogens (tertiary/aromatic N) is 3. The Kier molecular flexibility index (Phi) is 5.61. The normalized spacial score (nSPS) is 26.9. The Hall–Kier alpha value is -2.56. The number of aliphatic hydroxyl groups is 2. The van der Waals surface area contributed by atoms with Crippen molar-refractivity contribution < 1.29 is 38.6 Å². The molecule has 0 bridgehead atoms. The summed E-state index contributed by atoms with van der Waals surface area (Å²) < 4.78 is 22.3. The maximum Gasteiger partial charge on any atom is 0.469 e. The Morgan fingerprint density at radius 2 is 2.24 bits per heavy atom. The van der Waals surface area contributed by atoms with Gasteiger partial charge in [0.2, 0.25) is 6.41 Å². The average molecular weight is 427 g/mol. The highest BCUT2D eigenvalue weighted by Crippen LogP contribution is 2.43. The van der Waals surface area contributed by atoms with Gasteiger partial charge < -0.3 is 35.0 Å². The molecule has 0 unspecified atom stereocenters. The number of aromatic nitrogens is 3. The minimum Gasteiger partial charge on any atom is -0.387 e. The molecule has 156 valence electrons. The molecule has 1 aliphatic rings. The summed E-state index contributed by atoms with van der Waals surface area (Å²) in [5.74, 6) is 2.75. The first-order valence-corrected chi connectivity index (χ1v) is 9.66. The molecule has 1 fully saturated rings. The van der Waals surface area contributed by atoms with Gasteiger partial charge in [-0.3, -0.25) is 14.6 Å². The van der Waals surface area contributed by atoms with Crippen LogP contribution in [0.5, 0.6) is 0 Å². The molecule has 2 aromatic heterocycles. The van der Waals surface area contributed by atoms with Crippen LogP contribution in [-0.2, 0) is 18.6 Å². The number of phosphoric acid groups is 1. The van der Waals surface area contributed by atoms with Crippen molar-refractivity contribution in [2.75, 3.05) is 12.3 Å². The number of phosphoric ester groups is 1. The first kappa shape index (κ1) is 21.2. The van der Waals surface area contributed by atoms with Gasteiger partial charge in [0, 0.05) is 12.2 Å². The van der Waals surface area contributed by atoms with E-state index >= 15 is 0 Å². The molecular formula is C15H18N5O8P. The lowest BCUT2D eigenvalue weighted by Gasteiger charge is -2.27. The monoisotopic (exact) mass is 427 g/mol. The third-order valence-corrected chi connectivity index (χ3v) is 4.87. The van der Waals surface area contributed by atoms with E-state index < -0.39 is 38.5 Å². The minimum atomic E-state index is -4.81. The van der Waals surface area contributed by atoms with Crippen LogP contribution in [0, 0.1) is 12.0 Å². The molecule has 3 heterocycles. The number of carbonyl (C=O) groups excluding carboxylic acids is 1. The van der Waals surface area contributed by atoms with Crippen molar-refractivity contribution in [2.24, 2.45) is 0 Å². The smallest absolute Gasteiger partial charge is 0.387 e. The summed E-state index contributed by atoms with van der Waals surface area (Å²) in [5.41, 5.74) is 4.56. The van der Waals surface area contributed by atoms with Crippen LogP contribution in [0.3, 0.4) is 0 Å². The van der Waals surface area contributed by atoms with Crippen LogP contribution in [0.15, 0.2) is 12.5 Å². The molecule has 4 atom stereocenters. The van der Waals surface area contributed by atoms with Crippen LogP contribution in [0.25, 0.3) is 11.0 Å². The van der Waals surface area contributed by atoms with E-state index in [1.807, 2.05) is 0 Å². The lowest BCUT2D eigenvalue weighted by atomic mass is 9.96. The van der Waals surface area contributed by atoms with Crippen LogP contribution < -0.4 is 11.1 Å². The summed E-state index contributed by atoms with van der Waals surface area (Å²) in [6, 6.07) is 2.40. The molecule has 7 N–H and O–H groups in total. The molecule has 29 heavy (non-hydrogen) atoms. The van der Waals surface area contributed by atoms with Gasteiger partial charge in [-0.15, -0.1) is 0 Å². The van der Waals surface area contributed by atoms with Gasteiger partial charge in [-0.25, -0.2) is 14.5 Å². The number of nitrogens with two attached hydrogens (primary N) is 1. The maximum atomic E-state index is 10.9. The molecule has 0 saturated carbocycles. The lowest BCUT2D eigenvalue weighted by Crippen LogP contribution is -2.44. The quantitative estimate of drug-likeness (QED) is 0.136. The zero-order valence-electron chi connectivity index (χ0n) is 15.0. The summed E-state index contributed by atoms with van der Waals surface area (Å²) in [4.78, 5) is 36.2. The van der Waals surface area contributed by atoms with E-state index in [9.17, 15) is 19.6 Å². The fourth-order valence-corrected chi connectivity index (χ4v) is 3.40. The molecular weight excluding hydrogens is 409 g/mol. The predicted octanol–water partition coefficient (Wildman–Crippen LogP) is -1.81. The number of carbonyl (C=O) groups is 1. The molecule has 1 aliphatic heterocycles. The Balaban J connectivity index is 2.03. The molecule has 1 amide bonds. The van der Waals surface area contributed by atoms with Crippen LogP contribution in [0.2, 0.25) is 0 Å². The third-order valence-electron chi connectivity index (χ3n) is 4.38. The predicted molar refractivity (Wildman–Crippen MR) is 96.6 cm³/mol. The van der Waals surface area contributed by atoms with Crippen molar-refractivity contribution in [1.29, 1.82) is 0 Å². The number of hydrogen-bond acceptors (Lipinski definition) is 9. The van der Waals surface area contributed by atoms with Crippen molar-refractivity contribution >= 4 is 31.1 Å². The maximum absolute atomic E-state index is 10.9. The molecule has 3 rings (SSSR count). The second kappa shape index (κ2) is 7.69. The summed E-state index contributed by atoms with van der Waals surface area (Å²) in [6.45, 7) is 0.625. The topological polar surface area (TPSA) is 202 Å². The first-order chi connectivity index (χ1) is 13.6. The number of ether oxygens (including phenoxy) is 1. The van der Waals surface area contributed by atoms with Gasteiger partial charge in [0.05, 0.1) is 17.6 Å². The Morgan fingerprint density at radius 1 is 1.52 bits per heavy atom.